The van der Waals surface area contributed by atoms with Crippen molar-refractivity contribution in [3.63, 3.8) is 0 Å². The van der Waals surface area contributed by atoms with E-state index in [-0.39, 0.29) is 17.8 Å². The summed E-state index contributed by atoms with van der Waals surface area (Å²) >= 11 is 11.8. The number of carbonyl (C=O) groups excluding carboxylic acids is 1. The molecule has 6 nitrogen and oxygen atoms in total. The summed E-state index contributed by atoms with van der Waals surface area (Å²) in [4.78, 5) is 12.7. The maximum absolute atomic E-state index is 13.6. The van der Waals surface area contributed by atoms with Gasteiger partial charge in [0.1, 0.15) is 17.1 Å². The molecule has 152 valence electrons. The molecule has 2 atom stereocenters. The zero-order chi connectivity index (χ0) is 20.8. The van der Waals surface area contributed by atoms with Crippen molar-refractivity contribution in [1.82, 2.24) is 9.78 Å². The molecule has 1 aromatic carbocycles. The summed E-state index contributed by atoms with van der Waals surface area (Å²) in [6.45, 7) is 0. The second-order valence-corrected chi connectivity index (χ2v) is 7.34. The van der Waals surface area contributed by atoms with Gasteiger partial charge in [-0.05, 0) is 30.3 Å². The van der Waals surface area contributed by atoms with Gasteiger partial charge in [-0.2, -0.15) is 18.3 Å². The fraction of sp³-hybridized carbons (Fsp3) is 0.222. The summed E-state index contributed by atoms with van der Waals surface area (Å²) in [5, 5.41) is 9.92. The molecule has 0 bridgehead atoms. The maximum atomic E-state index is 13.6. The molecule has 0 radical (unpaired) electrons. The minimum absolute atomic E-state index is 0.0494. The first-order valence-electron chi connectivity index (χ1n) is 8.44. The minimum atomic E-state index is -4.55. The van der Waals surface area contributed by atoms with Crippen molar-refractivity contribution in [2.45, 2.75) is 24.7 Å². The van der Waals surface area contributed by atoms with Crippen LogP contribution in [0.1, 0.15) is 34.6 Å². The van der Waals surface area contributed by atoms with E-state index in [9.17, 15) is 18.0 Å². The summed E-state index contributed by atoms with van der Waals surface area (Å²) in [6, 6.07) is 4.92. The number of nitrogens with zero attached hydrogens (tertiary/aromatic N) is 2. The van der Waals surface area contributed by atoms with Crippen molar-refractivity contribution in [3.05, 3.63) is 64.2 Å². The predicted molar refractivity (Wildman–Crippen MR) is 101 cm³/mol. The number of nitrogens with one attached hydrogen (secondary N) is 2. The number of halogens is 5. The van der Waals surface area contributed by atoms with E-state index in [0.29, 0.717) is 21.5 Å². The highest BCUT2D eigenvalue weighted by atomic mass is 35.5. The van der Waals surface area contributed by atoms with E-state index in [0.717, 1.165) is 10.9 Å². The molecule has 2 N–H and O–H groups in total. The van der Waals surface area contributed by atoms with Crippen molar-refractivity contribution in [2.75, 3.05) is 10.6 Å². The van der Waals surface area contributed by atoms with Gasteiger partial charge in [-0.3, -0.25) is 4.79 Å². The Kier molecular flexibility index (Phi) is 4.95. The van der Waals surface area contributed by atoms with Gasteiger partial charge in [-0.25, -0.2) is 4.68 Å². The average molecular weight is 445 g/mol. The Bertz CT molecular complexity index is 1030. The second-order valence-electron chi connectivity index (χ2n) is 6.47. The molecule has 3 aromatic rings. The van der Waals surface area contributed by atoms with Gasteiger partial charge < -0.3 is 15.1 Å². The lowest BCUT2D eigenvalue weighted by Gasteiger charge is -2.32. The third-order valence-corrected chi connectivity index (χ3v) is 4.93. The van der Waals surface area contributed by atoms with Gasteiger partial charge in [0, 0.05) is 22.2 Å². The molecule has 1 aliphatic rings. The zero-order valence-electron chi connectivity index (χ0n) is 14.5. The van der Waals surface area contributed by atoms with E-state index in [1.807, 2.05) is 0 Å². The topological polar surface area (TPSA) is 72.1 Å². The van der Waals surface area contributed by atoms with Crippen LogP contribution in [0.3, 0.4) is 0 Å². The standard InChI is InChI=1S/C18H13Cl2F3N4O2/c19-9-4-10(20)6-11(5-9)25-17(28)12-8-24-27-15(18(21,22)23)7-13(26-16(12)27)14-2-1-3-29-14/h1-6,8,13,15,26H,7H2,(H,25,28)/t13-,15+/m1/s1. The smallest absolute Gasteiger partial charge is 0.410 e. The van der Waals surface area contributed by atoms with E-state index in [1.54, 1.807) is 12.1 Å². The van der Waals surface area contributed by atoms with Crippen LogP contribution in [0, 0.1) is 0 Å². The second kappa shape index (κ2) is 7.31. The van der Waals surface area contributed by atoms with Crippen molar-refractivity contribution in [3.8, 4) is 0 Å². The largest absolute Gasteiger partial charge is 0.467 e. The van der Waals surface area contributed by atoms with Crippen LogP contribution in [0.5, 0.6) is 0 Å². The highest BCUT2D eigenvalue weighted by Crippen LogP contribution is 2.44. The molecular formula is C18H13Cl2F3N4O2. The van der Waals surface area contributed by atoms with Gasteiger partial charge in [0.25, 0.3) is 5.91 Å². The van der Waals surface area contributed by atoms with Crippen LogP contribution >= 0.6 is 23.2 Å². The first kappa shape index (κ1) is 19.7. The molecular weight excluding hydrogens is 432 g/mol. The summed E-state index contributed by atoms with van der Waals surface area (Å²) < 4.78 is 46.9. The zero-order valence-corrected chi connectivity index (χ0v) is 16.0. The lowest BCUT2D eigenvalue weighted by molar-refractivity contribution is -0.174. The van der Waals surface area contributed by atoms with Crippen LogP contribution in [0.2, 0.25) is 10.0 Å². The summed E-state index contributed by atoms with van der Waals surface area (Å²) in [6.07, 6.45) is -2.41. The molecule has 1 amide bonds. The fourth-order valence-electron chi connectivity index (χ4n) is 3.23. The molecule has 3 heterocycles. The van der Waals surface area contributed by atoms with Gasteiger partial charge >= 0.3 is 6.18 Å². The number of hydrogen-bond donors (Lipinski definition) is 2. The number of benzene rings is 1. The Morgan fingerprint density at radius 2 is 2.00 bits per heavy atom. The summed E-state index contributed by atoms with van der Waals surface area (Å²) in [5.74, 6) is -0.372. The molecule has 0 aliphatic carbocycles. The Balaban J connectivity index is 1.68. The summed E-state index contributed by atoms with van der Waals surface area (Å²) in [7, 11) is 0. The first-order chi connectivity index (χ1) is 13.7. The van der Waals surface area contributed by atoms with Crippen LogP contribution < -0.4 is 10.6 Å². The molecule has 29 heavy (non-hydrogen) atoms. The van der Waals surface area contributed by atoms with Crippen molar-refractivity contribution in [1.29, 1.82) is 0 Å². The first-order valence-corrected chi connectivity index (χ1v) is 9.19. The van der Waals surface area contributed by atoms with Crippen LogP contribution in [0.25, 0.3) is 0 Å². The van der Waals surface area contributed by atoms with E-state index in [1.165, 1.54) is 24.5 Å². The number of hydrogen-bond acceptors (Lipinski definition) is 4. The lowest BCUT2D eigenvalue weighted by atomic mass is 10.0. The van der Waals surface area contributed by atoms with Gasteiger partial charge in [-0.15, -0.1) is 0 Å². The van der Waals surface area contributed by atoms with E-state index in [2.05, 4.69) is 15.7 Å². The Morgan fingerprint density at radius 3 is 2.62 bits per heavy atom. The summed E-state index contributed by atoms with van der Waals surface area (Å²) in [5.41, 5.74) is 0.254. The van der Waals surface area contributed by atoms with Gasteiger partial charge in [0.15, 0.2) is 6.04 Å². The minimum Gasteiger partial charge on any atom is -0.467 e. The third kappa shape index (κ3) is 3.92. The SMILES string of the molecule is O=C(Nc1cc(Cl)cc(Cl)c1)c1cnn2c1N[C@@H](c1ccco1)C[C@H]2C(F)(F)F. The number of anilines is 2. The number of alkyl halides is 3. The van der Waals surface area contributed by atoms with E-state index < -0.39 is 24.2 Å². The van der Waals surface area contributed by atoms with Crippen LogP contribution in [0.15, 0.2) is 47.2 Å². The molecule has 0 saturated heterocycles. The van der Waals surface area contributed by atoms with Crippen molar-refractivity contribution >= 4 is 40.6 Å². The predicted octanol–water partition coefficient (Wildman–Crippen LogP) is 5.70. The number of aromatic nitrogens is 2. The van der Waals surface area contributed by atoms with E-state index in [4.69, 9.17) is 27.6 Å². The highest BCUT2D eigenvalue weighted by Gasteiger charge is 2.47. The normalized spacial score (nSPS) is 18.8. The molecule has 11 heteroatoms. The average Bonchev–Trinajstić information content (AvgIpc) is 3.28. The number of carbonyl (C=O) groups is 1. The van der Waals surface area contributed by atoms with Crippen LogP contribution in [-0.2, 0) is 0 Å². The Morgan fingerprint density at radius 1 is 1.28 bits per heavy atom. The van der Waals surface area contributed by atoms with Crippen LogP contribution in [-0.4, -0.2) is 21.9 Å². The fourth-order valence-corrected chi connectivity index (χ4v) is 3.76. The monoisotopic (exact) mass is 444 g/mol. The number of furan rings is 1. The maximum Gasteiger partial charge on any atom is 0.410 e. The molecule has 0 spiro atoms. The van der Waals surface area contributed by atoms with Crippen molar-refractivity contribution < 1.29 is 22.4 Å². The quantitative estimate of drug-likeness (QED) is 0.543. The van der Waals surface area contributed by atoms with Gasteiger partial charge in [-0.1, -0.05) is 23.2 Å². The molecule has 0 fully saturated rings. The Hall–Kier alpha value is -2.65. The molecule has 2 aromatic heterocycles. The molecule has 0 unspecified atom stereocenters. The molecule has 1 aliphatic heterocycles. The third-order valence-electron chi connectivity index (χ3n) is 4.49. The Labute approximate surface area is 172 Å². The number of amides is 1. The highest BCUT2D eigenvalue weighted by molar-refractivity contribution is 6.35. The lowest BCUT2D eigenvalue weighted by Crippen LogP contribution is -2.36. The molecule has 4 rings (SSSR count). The number of rotatable bonds is 3. The number of fused-ring (bicyclic) bond motifs is 1. The van der Waals surface area contributed by atoms with Gasteiger partial charge in [0.2, 0.25) is 0 Å². The van der Waals surface area contributed by atoms with Crippen LogP contribution in [0.4, 0.5) is 24.7 Å². The molecule has 0 saturated carbocycles. The van der Waals surface area contributed by atoms with Crippen molar-refractivity contribution in [2.24, 2.45) is 0 Å². The van der Waals surface area contributed by atoms with E-state index >= 15 is 0 Å². The van der Waals surface area contributed by atoms with Gasteiger partial charge in [0.05, 0.1) is 18.5 Å².